The van der Waals surface area contributed by atoms with Crippen molar-refractivity contribution in [3.8, 4) is 0 Å². The van der Waals surface area contributed by atoms with Gasteiger partial charge in [-0.05, 0) is 12.8 Å². The molecule has 0 N–H and O–H groups in total. The van der Waals surface area contributed by atoms with Gasteiger partial charge in [0.2, 0.25) is 0 Å². The fourth-order valence-electron chi connectivity index (χ4n) is 1.71. The van der Waals surface area contributed by atoms with E-state index in [2.05, 4.69) is 4.98 Å². The highest BCUT2D eigenvalue weighted by Gasteiger charge is 2.18. The lowest BCUT2D eigenvalue weighted by atomic mass is 10.1. The van der Waals surface area contributed by atoms with Gasteiger partial charge in [0.05, 0.1) is 19.0 Å². The van der Waals surface area contributed by atoms with Crippen LogP contribution in [0.5, 0.6) is 0 Å². The molecule has 1 fully saturated rings. The van der Waals surface area contributed by atoms with Crippen LogP contribution in [0.25, 0.3) is 0 Å². The monoisotopic (exact) mass is 194 g/mol. The third-order valence-electron chi connectivity index (χ3n) is 2.40. The van der Waals surface area contributed by atoms with Crippen LogP contribution in [-0.4, -0.2) is 28.0 Å². The van der Waals surface area contributed by atoms with Gasteiger partial charge in [0.15, 0.2) is 5.78 Å². The number of carbonyl (C=O) groups excluding carboxylic acids is 1. The van der Waals surface area contributed by atoms with Crippen LogP contribution in [0, 0.1) is 0 Å². The summed E-state index contributed by atoms with van der Waals surface area (Å²) in [7, 11) is 0. The average molecular weight is 194 g/mol. The number of ketones is 1. The lowest BCUT2D eigenvalue weighted by Gasteiger charge is -2.07. The first kappa shape index (κ1) is 9.40. The molecular formula is C10H14N2O2. The van der Waals surface area contributed by atoms with E-state index in [1.807, 2.05) is 0 Å². The maximum Gasteiger partial charge on any atom is 0.155 e. The highest BCUT2D eigenvalue weighted by Crippen LogP contribution is 2.15. The van der Waals surface area contributed by atoms with Crippen molar-refractivity contribution in [2.24, 2.45) is 0 Å². The van der Waals surface area contributed by atoms with Crippen molar-refractivity contribution in [3.63, 3.8) is 0 Å². The fraction of sp³-hybridized carbons (Fsp3) is 0.600. The highest BCUT2D eigenvalue weighted by atomic mass is 16.5. The van der Waals surface area contributed by atoms with Crippen LogP contribution in [0.15, 0.2) is 18.7 Å². The maximum atomic E-state index is 11.5. The molecular weight excluding hydrogens is 180 g/mol. The van der Waals surface area contributed by atoms with Crippen molar-refractivity contribution in [3.05, 3.63) is 18.7 Å². The van der Waals surface area contributed by atoms with E-state index in [-0.39, 0.29) is 11.9 Å². The van der Waals surface area contributed by atoms with Crippen LogP contribution in [-0.2, 0) is 16.1 Å². The number of aromatic nitrogens is 2. The van der Waals surface area contributed by atoms with Crippen molar-refractivity contribution in [1.29, 1.82) is 0 Å². The zero-order valence-corrected chi connectivity index (χ0v) is 8.06. The smallest absolute Gasteiger partial charge is 0.155 e. The first-order valence-electron chi connectivity index (χ1n) is 4.93. The first-order chi connectivity index (χ1) is 6.84. The van der Waals surface area contributed by atoms with Gasteiger partial charge in [0.1, 0.15) is 0 Å². The molecule has 0 saturated carbocycles. The zero-order valence-electron chi connectivity index (χ0n) is 8.06. The van der Waals surface area contributed by atoms with Crippen molar-refractivity contribution in [1.82, 2.24) is 9.55 Å². The molecule has 2 rings (SSSR count). The molecule has 1 saturated heterocycles. The summed E-state index contributed by atoms with van der Waals surface area (Å²) in [5.41, 5.74) is 0. The van der Waals surface area contributed by atoms with E-state index in [1.54, 1.807) is 23.3 Å². The second-order valence-corrected chi connectivity index (χ2v) is 3.61. The van der Waals surface area contributed by atoms with E-state index in [0.29, 0.717) is 13.0 Å². The van der Waals surface area contributed by atoms with Gasteiger partial charge in [0, 0.05) is 25.4 Å². The molecule has 4 nitrogen and oxygen atoms in total. The van der Waals surface area contributed by atoms with Gasteiger partial charge in [0.25, 0.3) is 0 Å². The average Bonchev–Trinajstić information content (AvgIpc) is 2.76. The second-order valence-electron chi connectivity index (χ2n) is 3.61. The minimum atomic E-state index is 0.158. The quantitative estimate of drug-likeness (QED) is 0.718. The number of hydrogen-bond donors (Lipinski definition) is 0. The Balaban J connectivity index is 1.78. The van der Waals surface area contributed by atoms with Crippen LogP contribution in [0.2, 0.25) is 0 Å². The Bertz CT molecular complexity index is 289. The molecule has 1 unspecified atom stereocenters. The number of Topliss-reactive ketones (excluding diaryl/α,β-unsaturated/α-hetero) is 1. The summed E-state index contributed by atoms with van der Waals surface area (Å²) < 4.78 is 7.19. The van der Waals surface area contributed by atoms with Gasteiger partial charge >= 0.3 is 0 Å². The Morgan fingerprint density at radius 2 is 2.57 bits per heavy atom. The number of rotatable bonds is 4. The zero-order chi connectivity index (χ0) is 9.80. The molecule has 0 aliphatic carbocycles. The Labute approximate surface area is 82.9 Å². The lowest BCUT2D eigenvalue weighted by molar-refractivity contribution is -0.121. The normalized spacial score (nSPS) is 21.3. The van der Waals surface area contributed by atoms with Gasteiger partial charge in [-0.1, -0.05) is 0 Å². The maximum absolute atomic E-state index is 11.5. The summed E-state index contributed by atoms with van der Waals surface area (Å²) in [5.74, 6) is 0.218. The molecule has 0 aromatic carbocycles. The number of imidazole rings is 1. The Morgan fingerprint density at radius 1 is 1.64 bits per heavy atom. The van der Waals surface area contributed by atoms with E-state index in [0.717, 1.165) is 19.4 Å². The summed E-state index contributed by atoms with van der Waals surface area (Å²) in [6.07, 6.45) is 7.95. The SMILES string of the molecule is O=C(CC1CCCO1)Cn1ccnc1. The largest absolute Gasteiger partial charge is 0.378 e. The van der Waals surface area contributed by atoms with Crippen LogP contribution < -0.4 is 0 Å². The number of carbonyl (C=O) groups is 1. The Hall–Kier alpha value is -1.16. The molecule has 0 radical (unpaired) electrons. The van der Waals surface area contributed by atoms with Gasteiger partial charge in [-0.2, -0.15) is 0 Å². The summed E-state index contributed by atoms with van der Waals surface area (Å²) in [6, 6.07) is 0. The summed E-state index contributed by atoms with van der Waals surface area (Å²) in [4.78, 5) is 15.4. The van der Waals surface area contributed by atoms with Crippen LogP contribution in [0.1, 0.15) is 19.3 Å². The first-order valence-corrected chi connectivity index (χ1v) is 4.93. The van der Waals surface area contributed by atoms with E-state index in [9.17, 15) is 4.79 Å². The Kier molecular flexibility index (Phi) is 2.93. The molecule has 1 aromatic rings. The Morgan fingerprint density at radius 3 is 3.21 bits per heavy atom. The third-order valence-corrected chi connectivity index (χ3v) is 2.40. The van der Waals surface area contributed by atoms with E-state index >= 15 is 0 Å². The lowest BCUT2D eigenvalue weighted by Crippen LogP contribution is -2.16. The summed E-state index contributed by atoms with van der Waals surface area (Å²) in [5, 5.41) is 0. The minimum absolute atomic E-state index is 0.158. The second kappa shape index (κ2) is 4.37. The van der Waals surface area contributed by atoms with Crippen LogP contribution in [0.3, 0.4) is 0 Å². The molecule has 76 valence electrons. The van der Waals surface area contributed by atoms with Gasteiger partial charge in [-0.3, -0.25) is 4.79 Å². The predicted octanol–water partition coefficient (Wildman–Crippen LogP) is 1.02. The molecule has 2 heterocycles. The summed E-state index contributed by atoms with van der Waals surface area (Å²) in [6.45, 7) is 1.23. The van der Waals surface area contributed by atoms with Crippen molar-refractivity contribution in [2.45, 2.75) is 31.9 Å². The van der Waals surface area contributed by atoms with Crippen molar-refractivity contribution >= 4 is 5.78 Å². The van der Waals surface area contributed by atoms with Gasteiger partial charge in [-0.15, -0.1) is 0 Å². The van der Waals surface area contributed by atoms with E-state index < -0.39 is 0 Å². The molecule has 0 amide bonds. The third kappa shape index (κ3) is 2.42. The predicted molar refractivity (Wildman–Crippen MR) is 50.8 cm³/mol. The molecule has 0 bridgehead atoms. The van der Waals surface area contributed by atoms with Gasteiger partial charge in [-0.25, -0.2) is 4.98 Å². The van der Waals surface area contributed by atoms with Crippen molar-refractivity contribution < 1.29 is 9.53 Å². The topological polar surface area (TPSA) is 44.1 Å². The standard InChI is InChI=1S/C10H14N2O2/c13-9(6-10-2-1-5-14-10)7-12-4-3-11-8-12/h3-4,8,10H,1-2,5-7H2. The molecule has 1 atom stereocenters. The van der Waals surface area contributed by atoms with Crippen LogP contribution >= 0.6 is 0 Å². The molecule has 1 aliphatic heterocycles. The number of nitrogens with zero attached hydrogens (tertiary/aromatic N) is 2. The van der Waals surface area contributed by atoms with E-state index in [1.165, 1.54) is 0 Å². The molecule has 14 heavy (non-hydrogen) atoms. The number of hydrogen-bond acceptors (Lipinski definition) is 3. The molecule has 0 spiro atoms. The number of ether oxygens (including phenoxy) is 1. The van der Waals surface area contributed by atoms with Crippen LogP contribution in [0.4, 0.5) is 0 Å². The van der Waals surface area contributed by atoms with E-state index in [4.69, 9.17) is 4.74 Å². The van der Waals surface area contributed by atoms with Gasteiger partial charge < -0.3 is 9.30 Å². The summed E-state index contributed by atoms with van der Waals surface area (Å²) >= 11 is 0. The van der Waals surface area contributed by atoms with Crippen molar-refractivity contribution in [2.75, 3.05) is 6.61 Å². The minimum Gasteiger partial charge on any atom is -0.378 e. The highest BCUT2D eigenvalue weighted by molar-refractivity contribution is 5.78. The molecule has 1 aromatic heterocycles. The molecule has 1 aliphatic rings. The fourth-order valence-corrected chi connectivity index (χ4v) is 1.71. The molecule has 4 heteroatoms.